The number of anilines is 1. The molecule has 0 aromatic carbocycles. The Morgan fingerprint density at radius 2 is 2.47 bits per heavy atom. The molecule has 4 N–H and O–H groups in total. The number of amides is 1. The van der Waals surface area contributed by atoms with Gasteiger partial charge < -0.3 is 20.9 Å². The van der Waals surface area contributed by atoms with Crippen molar-refractivity contribution in [1.82, 2.24) is 10.3 Å². The van der Waals surface area contributed by atoms with E-state index in [9.17, 15) is 9.90 Å². The number of aliphatic hydroxyl groups is 1. The van der Waals surface area contributed by atoms with Gasteiger partial charge in [-0.05, 0) is 12.1 Å². The predicted molar refractivity (Wildman–Crippen MR) is 61.4 cm³/mol. The monoisotopic (exact) mass is 237 g/mol. The first-order valence-electron chi connectivity index (χ1n) is 5.39. The van der Waals surface area contributed by atoms with Gasteiger partial charge in [0.2, 0.25) is 0 Å². The van der Waals surface area contributed by atoms with Crippen LogP contribution in [-0.2, 0) is 4.74 Å². The molecule has 1 aliphatic rings. The van der Waals surface area contributed by atoms with Crippen LogP contribution < -0.4 is 11.1 Å². The molecular weight excluding hydrogens is 222 g/mol. The summed E-state index contributed by atoms with van der Waals surface area (Å²) >= 11 is 0. The highest BCUT2D eigenvalue weighted by Gasteiger charge is 2.32. The Balaban J connectivity index is 1.91. The lowest BCUT2D eigenvalue weighted by Crippen LogP contribution is -2.43. The third kappa shape index (κ3) is 2.92. The van der Waals surface area contributed by atoms with Crippen LogP contribution in [-0.4, -0.2) is 41.4 Å². The van der Waals surface area contributed by atoms with E-state index in [1.54, 1.807) is 12.1 Å². The van der Waals surface area contributed by atoms with E-state index in [1.807, 2.05) is 0 Å². The van der Waals surface area contributed by atoms with Gasteiger partial charge in [-0.25, -0.2) is 4.98 Å². The maximum Gasteiger partial charge on any atom is 0.269 e. The van der Waals surface area contributed by atoms with Crippen molar-refractivity contribution in [2.75, 3.05) is 25.5 Å². The van der Waals surface area contributed by atoms with Crippen LogP contribution >= 0.6 is 0 Å². The Bertz CT molecular complexity index is 399. The molecule has 0 radical (unpaired) electrons. The van der Waals surface area contributed by atoms with E-state index in [4.69, 9.17) is 10.5 Å². The van der Waals surface area contributed by atoms with Crippen LogP contribution in [0.15, 0.2) is 18.3 Å². The average molecular weight is 237 g/mol. The fourth-order valence-corrected chi connectivity index (χ4v) is 1.61. The third-order valence-corrected chi connectivity index (χ3v) is 2.68. The molecule has 6 heteroatoms. The fourth-order valence-electron chi connectivity index (χ4n) is 1.61. The number of carbonyl (C=O) groups is 1. The lowest BCUT2D eigenvalue weighted by molar-refractivity contribution is 0.0264. The fraction of sp³-hybridized carbons (Fsp3) is 0.455. The van der Waals surface area contributed by atoms with Crippen molar-refractivity contribution in [2.24, 2.45) is 0 Å². The van der Waals surface area contributed by atoms with Crippen molar-refractivity contribution in [3.63, 3.8) is 0 Å². The molecule has 92 valence electrons. The summed E-state index contributed by atoms with van der Waals surface area (Å²) in [6.45, 7) is 0.937. The van der Waals surface area contributed by atoms with Gasteiger partial charge in [0.25, 0.3) is 5.91 Å². The predicted octanol–water partition coefficient (Wildman–Crippen LogP) is -0.455. The number of nitrogens with zero attached hydrogens (tertiary/aromatic N) is 1. The van der Waals surface area contributed by atoms with Crippen LogP contribution in [0.4, 0.5) is 5.69 Å². The number of rotatable bonds is 3. The molecule has 2 rings (SSSR count). The molecule has 1 fully saturated rings. The summed E-state index contributed by atoms with van der Waals surface area (Å²) in [5.41, 5.74) is 5.30. The van der Waals surface area contributed by atoms with Gasteiger partial charge in [0.05, 0.1) is 18.5 Å². The summed E-state index contributed by atoms with van der Waals surface area (Å²) in [5.74, 6) is -0.328. The molecule has 2 heterocycles. The van der Waals surface area contributed by atoms with Gasteiger partial charge in [0.1, 0.15) is 11.3 Å². The van der Waals surface area contributed by atoms with Crippen LogP contribution in [0.25, 0.3) is 0 Å². The van der Waals surface area contributed by atoms with Gasteiger partial charge >= 0.3 is 0 Å². The van der Waals surface area contributed by atoms with Crippen LogP contribution in [0.3, 0.4) is 0 Å². The number of hydrogen-bond donors (Lipinski definition) is 3. The normalized spacial score (nSPS) is 23.6. The quantitative estimate of drug-likeness (QED) is 0.661. The highest BCUT2D eigenvalue weighted by Crippen LogP contribution is 2.17. The second kappa shape index (κ2) is 4.68. The molecule has 1 unspecified atom stereocenters. The molecule has 6 nitrogen and oxygen atoms in total. The van der Waals surface area contributed by atoms with Crippen molar-refractivity contribution in [3.8, 4) is 0 Å². The number of pyridine rings is 1. The lowest BCUT2D eigenvalue weighted by Gasteiger charge is -2.20. The van der Waals surface area contributed by atoms with Crippen molar-refractivity contribution in [2.45, 2.75) is 12.0 Å². The summed E-state index contributed by atoms with van der Waals surface area (Å²) in [5, 5.41) is 12.6. The average Bonchev–Trinajstić information content (AvgIpc) is 2.75. The maximum absolute atomic E-state index is 11.7. The van der Waals surface area contributed by atoms with Crippen molar-refractivity contribution in [1.29, 1.82) is 0 Å². The molecule has 1 aliphatic heterocycles. The van der Waals surface area contributed by atoms with Crippen molar-refractivity contribution >= 4 is 11.6 Å². The van der Waals surface area contributed by atoms with Gasteiger partial charge in [-0.2, -0.15) is 0 Å². The zero-order valence-corrected chi connectivity index (χ0v) is 9.35. The number of ether oxygens (including phenoxy) is 1. The highest BCUT2D eigenvalue weighted by atomic mass is 16.5. The van der Waals surface area contributed by atoms with Crippen molar-refractivity contribution in [3.05, 3.63) is 24.0 Å². The summed E-state index contributed by atoms with van der Waals surface area (Å²) in [4.78, 5) is 15.6. The molecule has 0 bridgehead atoms. The largest absolute Gasteiger partial charge is 0.397 e. The smallest absolute Gasteiger partial charge is 0.269 e. The van der Waals surface area contributed by atoms with E-state index < -0.39 is 5.60 Å². The summed E-state index contributed by atoms with van der Waals surface area (Å²) in [6.07, 6.45) is 1.95. The minimum absolute atomic E-state index is 0.165. The van der Waals surface area contributed by atoms with E-state index in [-0.39, 0.29) is 24.8 Å². The Morgan fingerprint density at radius 3 is 3.06 bits per heavy atom. The van der Waals surface area contributed by atoms with E-state index in [2.05, 4.69) is 10.3 Å². The zero-order chi connectivity index (χ0) is 12.3. The summed E-state index contributed by atoms with van der Waals surface area (Å²) < 4.78 is 5.08. The van der Waals surface area contributed by atoms with Gasteiger partial charge in [0.15, 0.2) is 0 Å². The maximum atomic E-state index is 11.7. The Labute approximate surface area is 98.8 Å². The molecule has 1 aromatic heterocycles. The molecule has 1 saturated heterocycles. The minimum Gasteiger partial charge on any atom is -0.397 e. The van der Waals surface area contributed by atoms with Crippen molar-refractivity contribution < 1.29 is 14.6 Å². The lowest BCUT2D eigenvalue weighted by atomic mass is 10.0. The molecule has 0 aliphatic carbocycles. The first-order valence-corrected chi connectivity index (χ1v) is 5.39. The number of nitrogens with one attached hydrogen (secondary N) is 1. The van der Waals surface area contributed by atoms with E-state index >= 15 is 0 Å². The van der Waals surface area contributed by atoms with Gasteiger partial charge in [0, 0.05) is 19.6 Å². The Hall–Kier alpha value is -1.66. The molecular formula is C11H15N3O3. The third-order valence-electron chi connectivity index (χ3n) is 2.68. The second-order valence-corrected chi connectivity index (χ2v) is 4.19. The first-order chi connectivity index (χ1) is 8.09. The van der Waals surface area contributed by atoms with Gasteiger partial charge in [-0.1, -0.05) is 0 Å². The number of hydrogen-bond acceptors (Lipinski definition) is 5. The molecule has 0 spiro atoms. The molecule has 17 heavy (non-hydrogen) atoms. The Kier molecular flexibility index (Phi) is 3.26. The van der Waals surface area contributed by atoms with E-state index in [1.165, 1.54) is 6.20 Å². The molecule has 1 aromatic rings. The summed E-state index contributed by atoms with van der Waals surface area (Å²) in [6, 6.07) is 3.15. The first kappa shape index (κ1) is 11.8. The molecule has 1 atom stereocenters. The molecule has 1 amide bonds. The van der Waals surface area contributed by atoms with Crippen LogP contribution in [0.1, 0.15) is 16.9 Å². The number of aromatic nitrogens is 1. The standard InChI is InChI=1S/C11H15N3O3/c12-8-1-2-9(13-5-8)10(15)14-6-11(16)3-4-17-7-11/h1-2,5,16H,3-4,6-7,12H2,(H,14,15). The number of nitrogens with two attached hydrogens (primary N) is 1. The molecule has 0 saturated carbocycles. The summed E-state index contributed by atoms with van der Waals surface area (Å²) in [7, 11) is 0. The topological polar surface area (TPSA) is 97.5 Å². The number of carbonyl (C=O) groups excluding carboxylic acids is 1. The van der Waals surface area contributed by atoms with E-state index in [0.29, 0.717) is 18.7 Å². The second-order valence-electron chi connectivity index (χ2n) is 4.19. The SMILES string of the molecule is Nc1ccc(C(=O)NCC2(O)CCOC2)nc1. The van der Waals surface area contributed by atoms with Gasteiger partial charge in [-0.3, -0.25) is 4.79 Å². The van der Waals surface area contributed by atoms with Crippen LogP contribution in [0.2, 0.25) is 0 Å². The highest BCUT2D eigenvalue weighted by molar-refractivity contribution is 5.92. The number of nitrogen functional groups attached to an aromatic ring is 1. The van der Waals surface area contributed by atoms with E-state index in [0.717, 1.165) is 0 Å². The zero-order valence-electron chi connectivity index (χ0n) is 9.35. The minimum atomic E-state index is -0.955. The van der Waals surface area contributed by atoms with Crippen LogP contribution in [0, 0.1) is 0 Å². The Morgan fingerprint density at radius 1 is 1.65 bits per heavy atom. The van der Waals surface area contributed by atoms with Gasteiger partial charge in [-0.15, -0.1) is 0 Å². The van der Waals surface area contributed by atoms with Crippen LogP contribution in [0.5, 0.6) is 0 Å².